The molecule has 2 bridgehead atoms. The van der Waals surface area contributed by atoms with Crippen molar-refractivity contribution in [3.63, 3.8) is 0 Å². The maximum absolute atomic E-state index is 11.0. The molecule has 2 aliphatic carbocycles. The summed E-state index contributed by atoms with van der Waals surface area (Å²) in [5, 5.41) is 0. The van der Waals surface area contributed by atoms with Crippen LogP contribution in [0.2, 0.25) is 0 Å². The lowest BCUT2D eigenvalue weighted by Crippen LogP contribution is -2.33. The van der Waals surface area contributed by atoms with Gasteiger partial charge in [0, 0.05) is 12.3 Å². The lowest BCUT2D eigenvalue weighted by molar-refractivity contribution is -0.153. The highest BCUT2D eigenvalue weighted by atomic mass is 16.5. The summed E-state index contributed by atoms with van der Waals surface area (Å²) < 4.78 is 5.07. The standard InChI is InChI=1S/C10H12O2/c11-10-4-8-6-1-2-7(3-6)9(8)5-12-10/h1-2,6-9H,3-5H2/t6-,7+,8-,9+/m0/s1. The summed E-state index contributed by atoms with van der Waals surface area (Å²) in [7, 11) is 0. The average Bonchev–Trinajstić information content (AvgIpc) is 2.63. The number of carbonyl (C=O) groups excluding carboxylic acids is 1. The van der Waals surface area contributed by atoms with Crippen molar-refractivity contribution >= 4 is 5.97 Å². The predicted molar refractivity (Wildman–Crippen MR) is 43.3 cm³/mol. The number of rotatable bonds is 0. The molecular formula is C10H12O2. The monoisotopic (exact) mass is 164 g/mol. The Morgan fingerprint density at radius 3 is 2.83 bits per heavy atom. The highest BCUT2D eigenvalue weighted by molar-refractivity contribution is 5.70. The molecule has 0 radical (unpaired) electrons. The molecule has 0 spiro atoms. The van der Waals surface area contributed by atoms with Crippen molar-refractivity contribution in [2.24, 2.45) is 23.7 Å². The van der Waals surface area contributed by atoms with Crippen LogP contribution in [0.1, 0.15) is 12.8 Å². The Hall–Kier alpha value is -0.790. The number of fused-ring (bicyclic) bond motifs is 5. The van der Waals surface area contributed by atoms with Gasteiger partial charge in [0.15, 0.2) is 0 Å². The minimum Gasteiger partial charge on any atom is -0.465 e. The number of allylic oxidation sites excluding steroid dienone is 2. The van der Waals surface area contributed by atoms with Crippen molar-refractivity contribution in [1.82, 2.24) is 0 Å². The van der Waals surface area contributed by atoms with Crippen LogP contribution in [-0.2, 0) is 9.53 Å². The molecule has 0 N–H and O–H groups in total. The van der Waals surface area contributed by atoms with Crippen LogP contribution >= 0.6 is 0 Å². The largest absolute Gasteiger partial charge is 0.465 e. The summed E-state index contributed by atoms with van der Waals surface area (Å²) in [6.45, 7) is 0.676. The van der Waals surface area contributed by atoms with E-state index in [1.807, 2.05) is 0 Å². The second kappa shape index (κ2) is 2.12. The van der Waals surface area contributed by atoms with E-state index in [1.165, 1.54) is 6.42 Å². The number of ether oxygens (including phenoxy) is 1. The van der Waals surface area contributed by atoms with E-state index in [0.717, 1.165) is 0 Å². The van der Waals surface area contributed by atoms with Crippen molar-refractivity contribution in [3.8, 4) is 0 Å². The van der Waals surface area contributed by atoms with Crippen LogP contribution in [0.15, 0.2) is 12.2 Å². The molecule has 3 aliphatic rings. The number of esters is 1. The van der Waals surface area contributed by atoms with Crippen molar-refractivity contribution in [2.45, 2.75) is 12.8 Å². The molecule has 0 aromatic heterocycles. The summed E-state index contributed by atoms with van der Waals surface area (Å²) in [5.41, 5.74) is 0. The molecule has 4 atom stereocenters. The quantitative estimate of drug-likeness (QED) is 0.399. The van der Waals surface area contributed by atoms with Gasteiger partial charge < -0.3 is 4.74 Å². The molecule has 0 amide bonds. The fraction of sp³-hybridized carbons (Fsp3) is 0.700. The van der Waals surface area contributed by atoms with Crippen molar-refractivity contribution in [2.75, 3.05) is 6.61 Å². The fourth-order valence-electron chi connectivity index (χ4n) is 3.02. The Morgan fingerprint density at radius 1 is 1.25 bits per heavy atom. The summed E-state index contributed by atoms with van der Waals surface area (Å²) in [5.74, 6) is 2.68. The van der Waals surface area contributed by atoms with Crippen molar-refractivity contribution < 1.29 is 9.53 Å². The number of hydrogen-bond donors (Lipinski definition) is 0. The Kier molecular flexibility index (Phi) is 1.18. The number of carbonyl (C=O) groups is 1. The zero-order valence-electron chi connectivity index (χ0n) is 6.90. The van der Waals surface area contributed by atoms with Gasteiger partial charge in [-0.25, -0.2) is 0 Å². The van der Waals surface area contributed by atoms with Gasteiger partial charge in [0.25, 0.3) is 0 Å². The van der Waals surface area contributed by atoms with Crippen LogP contribution < -0.4 is 0 Å². The summed E-state index contributed by atoms with van der Waals surface area (Å²) >= 11 is 0. The number of cyclic esters (lactones) is 1. The van der Waals surface area contributed by atoms with Crippen LogP contribution in [0.4, 0.5) is 0 Å². The van der Waals surface area contributed by atoms with Gasteiger partial charge in [0.1, 0.15) is 0 Å². The van der Waals surface area contributed by atoms with E-state index in [1.54, 1.807) is 0 Å². The maximum atomic E-state index is 11.0. The van der Waals surface area contributed by atoms with Crippen molar-refractivity contribution in [3.05, 3.63) is 12.2 Å². The Labute approximate surface area is 71.6 Å². The topological polar surface area (TPSA) is 26.3 Å². The maximum Gasteiger partial charge on any atom is 0.306 e. The van der Waals surface area contributed by atoms with Crippen LogP contribution in [0, 0.1) is 23.7 Å². The van der Waals surface area contributed by atoms with Gasteiger partial charge in [-0.1, -0.05) is 12.2 Å². The van der Waals surface area contributed by atoms with Crippen LogP contribution in [0.3, 0.4) is 0 Å². The minimum absolute atomic E-state index is 0.0113. The van der Waals surface area contributed by atoms with Gasteiger partial charge in [-0.3, -0.25) is 4.79 Å². The van der Waals surface area contributed by atoms with Gasteiger partial charge in [-0.2, -0.15) is 0 Å². The zero-order valence-corrected chi connectivity index (χ0v) is 6.90. The molecule has 0 aromatic rings. The summed E-state index contributed by atoms with van der Waals surface area (Å²) in [6, 6.07) is 0. The molecule has 1 heterocycles. The second-order valence-electron chi connectivity index (χ2n) is 4.16. The van der Waals surface area contributed by atoms with E-state index in [-0.39, 0.29) is 5.97 Å². The Balaban J connectivity index is 1.90. The molecule has 1 saturated heterocycles. The summed E-state index contributed by atoms with van der Waals surface area (Å²) in [6.07, 6.45) is 6.54. The number of hydrogen-bond acceptors (Lipinski definition) is 2. The highest BCUT2D eigenvalue weighted by Crippen LogP contribution is 2.50. The molecule has 0 aromatic carbocycles. The molecular weight excluding hydrogens is 152 g/mol. The third-order valence-electron chi connectivity index (χ3n) is 3.64. The van der Waals surface area contributed by atoms with E-state index in [2.05, 4.69) is 12.2 Å². The average molecular weight is 164 g/mol. The first-order valence-corrected chi connectivity index (χ1v) is 4.68. The first-order chi connectivity index (χ1) is 5.84. The molecule has 2 heteroatoms. The van der Waals surface area contributed by atoms with Gasteiger partial charge in [-0.15, -0.1) is 0 Å². The molecule has 2 nitrogen and oxygen atoms in total. The van der Waals surface area contributed by atoms with Crippen molar-refractivity contribution in [1.29, 1.82) is 0 Å². The van der Waals surface area contributed by atoms with Crippen LogP contribution in [0.25, 0.3) is 0 Å². The van der Waals surface area contributed by atoms with Gasteiger partial charge in [-0.05, 0) is 24.2 Å². The predicted octanol–water partition coefficient (Wildman–Crippen LogP) is 1.37. The highest BCUT2D eigenvalue weighted by Gasteiger charge is 2.47. The van der Waals surface area contributed by atoms with Gasteiger partial charge in [0.05, 0.1) is 6.61 Å². The van der Waals surface area contributed by atoms with Crippen LogP contribution in [0.5, 0.6) is 0 Å². The fourth-order valence-corrected chi connectivity index (χ4v) is 3.02. The van der Waals surface area contributed by atoms with E-state index in [0.29, 0.717) is 36.7 Å². The van der Waals surface area contributed by atoms with Crippen LogP contribution in [-0.4, -0.2) is 12.6 Å². The third kappa shape index (κ3) is 0.728. The second-order valence-corrected chi connectivity index (χ2v) is 4.16. The first kappa shape index (κ1) is 6.70. The first-order valence-electron chi connectivity index (χ1n) is 4.68. The molecule has 1 saturated carbocycles. The van der Waals surface area contributed by atoms with E-state index >= 15 is 0 Å². The molecule has 2 fully saturated rings. The van der Waals surface area contributed by atoms with Gasteiger partial charge >= 0.3 is 5.97 Å². The molecule has 3 rings (SSSR count). The smallest absolute Gasteiger partial charge is 0.306 e. The lowest BCUT2D eigenvalue weighted by Gasteiger charge is -2.31. The van der Waals surface area contributed by atoms with E-state index in [4.69, 9.17) is 4.74 Å². The molecule has 0 unspecified atom stereocenters. The molecule has 12 heavy (non-hydrogen) atoms. The Morgan fingerprint density at radius 2 is 2.00 bits per heavy atom. The molecule has 64 valence electrons. The third-order valence-corrected chi connectivity index (χ3v) is 3.64. The normalized spacial score (nSPS) is 49.2. The Bertz CT molecular complexity index is 257. The van der Waals surface area contributed by atoms with E-state index in [9.17, 15) is 4.79 Å². The summed E-state index contributed by atoms with van der Waals surface area (Å²) in [4.78, 5) is 11.0. The molecule has 1 aliphatic heterocycles. The van der Waals surface area contributed by atoms with Gasteiger partial charge in [0.2, 0.25) is 0 Å². The SMILES string of the molecule is O=C1C[C@@H]2[C@H](CO1)[C@@H]1C=C[C@H]2C1. The lowest BCUT2D eigenvalue weighted by atomic mass is 9.80. The minimum atomic E-state index is 0.0113. The zero-order chi connectivity index (χ0) is 8.13. The van der Waals surface area contributed by atoms with E-state index < -0.39 is 0 Å².